The van der Waals surface area contributed by atoms with Gasteiger partial charge in [0.1, 0.15) is 6.61 Å². The van der Waals surface area contributed by atoms with E-state index in [9.17, 15) is 27.9 Å². The maximum Gasteiger partial charge on any atom is 0.439 e. The monoisotopic (exact) mass is 320 g/mol. The summed E-state index contributed by atoms with van der Waals surface area (Å²) in [5, 5.41) is 9.54. The van der Waals surface area contributed by atoms with Gasteiger partial charge < -0.3 is 14.6 Å². The normalized spacial score (nSPS) is 14.3. The van der Waals surface area contributed by atoms with Gasteiger partial charge >= 0.3 is 23.7 Å². The molecule has 0 saturated heterocycles. The minimum atomic E-state index is -5.56. The first kappa shape index (κ1) is 18.0. The number of hydrogen-bond donors (Lipinski definition) is 1. The summed E-state index contributed by atoms with van der Waals surface area (Å²) in [6, 6.07) is 7.86. The highest BCUT2D eigenvalue weighted by Gasteiger charge is 2.68. The van der Waals surface area contributed by atoms with Gasteiger partial charge in [-0.1, -0.05) is 30.3 Å². The van der Waals surface area contributed by atoms with Crippen LogP contribution in [0.25, 0.3) is 0 Å². The van der Waals surface area contributed by atoms with Crippen molar-refractivity contribution in [2.45, 2.75) is 38.3 Å². The first-order valence-corrected chi connectivity index (χ1v) is 6.30. The van der Waals surface area contributed by atoms with Gasteiger partial charge in [0, 0.05) is 0 Å². The second-order valence-corrected chi connectivity index (χ2v) is 4.72. The molecule has 1 atom stereocenters. The molecule has 8 heteroatoms. The molecule has 0 aliphatic heterocycles. The molecule has 0 heterocycles. The quantitative estimate of drug-likeness (QED) is 0.663. The lowest BCUT2D eigenvalue weighted by molar-refractivity contribution is -0.265. The molecule has 0 amide bonds. The number of hydrogen-bond acceptors (Lipinski definition) is 5. The van der Waals surface area contributed by atoms with Crippen molar-refractivity contribution >= 4 is 11.9 Å². The Labute approximate surface area is 124 Å². The van der Waals surface area contributed by atoms with Crippen molar-refractivity contribution in [3.05, 3.63) is 35.9 Å². The van der Waals surface area contributed by atoms with Gasteiger partial charge in [0.05, 0.1) is 6.10 Å². The molecule has 22 heavy (non-hydrogen) atoms. The Balaban J connectivity index is 2.92. The fourth-order valence-electron chi connectivity index (χ4n) is 1.44. The Morgan fingerprint density at radius 2 is 1.68 bits per heavy atom. The highest BCUT2D eigenvalue weighted by Crippen LogP contribution is 2.33. The molecule has 5 nitrogen and oxygen atoms in total. The van der Waals surface area contributed by atoms with Crippen LogP contribution in [0.15, 0.2) is 30.3 Å². The van der Waals surface area contributed by atoms with Gasteiger partial charge in [-0.25, -0.2) is 9.59 Å². The number of alkyl halides is 3. The van der Waals surface area contributed by atoms with Crippen LogP contribution in [0.1, 0.15) is 19.4 Å². The Morgan fingerprint density at radius 3 is 2.14 bits per heavy atom. The largest absolute Gasteiger partial charge is 0.460 e. The van der Waals surface area contributed by atoms with Crippen LogP contribution < -0.4 is 0 Å². The molecular weight excluding hydrogens is 305 g/mol. The van der Waals surface area contributed by atoms with Crippen LogP contribution in [-0.2, 0) is 25.7 Å². The third kappa shape index (κ3) is 3.97. The van der Waals surface area contributed by atoms with E-state index in [1.165, 1.54) is 26.0 Å². The maximum absolute atomic E-state index is 12.9. The zero-order valence-electron chi connectivity index (χ0n) is 11.9. The molecule has 0 aliphatic rings. The van der Waals surface area contributed by atoms with Crippen molar-refractivity contribution in [3.8, 4) is 0 Å². The predicted molar refractivity (Wildman–Crippen MR) is 68.5 cm³/mol. The summed E-state index contributed by atoms with van der Waals surface area (Å²) in [6.07, 6.45) is -6.50. The predicted octanol–water partition coefficient (Wildman–Crippen LogP) is 1.97. The minimum absolute atomic E-state index is 0.401. The number of benzene rings is 1. The highest BCUT2D eigenvalue weighted by molar-refractivity contribution is 6.04. The van der Waals surface area contributed by atoms with Crippen molar-refractivity contribution in [2.75, 3.05) is 0 Å². The van der Waals surface area contributed by atoms with Gasteiger partial charge in [-0.3, -0.25) is 0 Å². The third-order valence-corrected chi connectivity index (χ3v) is 2.56. The molecule has 0 aromatic heterocycles. The summed E-state index contributed by atoms with van der Waals surface area (Å²) in [7, 11) is 0. The average Bonchev–Trinajstić information content (AvgIpc) is 2.42. The molecule has 1 aromatic carbocycles. The van der Waals surface area contributed by atoms with Gasteiger partial charge in [-0.15, -0.1) is 0 Å². The lowest BCUT2D eigenvalue weighted by Crippen LogP contribution is -2.60. The summed E-state index contributed by atoms with van der Waals surface area (Å²) in [5.41, 5.74) is -3.95. The smallest absolute Gasteiger partial charge is 0.439 e. The number of carbonyl (C=O) groups excluding carboxylic acids is 2. The van der Waals surface area contributed by atoms with E-state index in [0.29, 0.717) is 5.56 Å². The molecule has 0 aliphatic carbocycles. The topological polar surface area (TPSA) is 72.8 Å². The Morgan fingerprint density at radius 1 is 1.14 bits per heavy atom. The summed E-state index contributed by atoms with van der Waals surface area (Å²) in [4.78, 5) is 23.1. The van der Waals surface area contributed by atoms with Crippen molar-refractivity contribution in [2.24, 2.45) is 0 Å². The molecule has 1 unspecified atom stereocenters. The number of aliphatic hydroxyl groups is 1. The third-order valence-electron chi connectivity index (χ3n) is 2.56. The molecule has 0 saturated carbocycles. The summed E-state index contributed by atoms with van der Waals surface area (Å²) < 4.78 is 47.5. The number of halogens is 3. The lowest BCUT2D eigenvalue weighted by atomic mass is 10.0. The SMILES string of the molecule is CC(C)OC(=O)C(O)(C(=O)OCc1ccccc1)C(F)(F)F. The van der Waals surface area contributed by atoms with Gasteiger partial charge in [-0.05, 0) is 19.4 Å². The van der Waals surface area contributed by atoms with Crippen LogP contribution in [0.4, 0.5) is 13.2 Å². The molecule has 1 rings (SSSR count). The Bertz CT molecular complexity index is 527. The number of carbonyl (C=O) groups is 2. The Hall–Kier alpha value is -2.09. The standard InChI is InChI=1S/C14H15F3O5/c1-9(2)22-12(19)13(20,14(15,16)17)11(18)21-8-10-6-4-3-5-7-10/h3-7,9,20H,8H2,1-2H3. The van der Waals surface area contributed by atoms with Crippen LogP contribution >= 0.6 is 0 Å². The second-order valence-electron chi connectivity index (χ2n) is 4.72. The Kier molecular flexibility index (Phi) is 5.54. The molecule has 1 aromatic rings. The van der Waals surface area contributed by atoms with Gasteiger partial charge in [0.15, 0.2) is 0 Å². The van der Waals surface area contributed by atoms with Crippen LogP contribution in [0.2, 0.25) is 0 Å². The van der Waals surface area contributed by atoms with E-state index in [1.54, 1.807) is 18.2 Å². The van der Waals surface area contributed by atoms with Crippen LogP contribution in [0.5, 0.6) is 0 Å². The first-order chi connectivity index (χ1) is 10.1. The van der Waals surface area contributed by atoms with E-state index in [1.807, 2.05) is 0 Å². The zero-order chi connectivity index (χ0) is 17.0. The average molecular weight is 320 g/mol. The number of rotatable bonds is 5. The first-order valence-electron chi connectivity index (χ1n) is 6.30. The van der Waals surface area contributed by atoms with Gasteiger partial charge in [-0.2, -0.15) is 13.2 Å². The molecule has 1 N–H and O–H groups in total. The number of esters is 2. The summed E-state index contributed by atoms with van der Waals surface area (Å²) in [6.45, 7) is 2.04. The molecular formula is C14H15F3O5. The van der Waals surface area contributed by atoms with Gasteiger partial charge in [0.2, 0.25) is 0 Å². The minimum Gasteiger partial charge on any atom is -0.460 e. The maximum atomic E-state index is 12.9. The van der Waals surface area contributed by atoms with Crippen molar-refractivity contribution in [1.82, 2.24) is 0 Å². The summed E-state index contributed by atoms with van der Waals surface area (Å²) >= 11 is 0. The van der Waals surface area contributed by atoms with Crippen molar-refractivity contribution < 1.29 is 37.3 Å². The fourth-order valence-corrected chi connectivity index (χ4v) is 1.44. The van der Waals surface area contributed by atoms with E-state index >= 15 is 0 Å². The van der Waals surface area contributed by atoms with Crippen molar-refractivity contribution in [3.63, 3.8) is 0 Å². The van der Waals surface area contributed by atoms with E-state index in [-0.39, 0.29) is 0 Å². The van der Waals surface area contributed by atoms with Crippen LogP contribution in [-0.4, -0.2) is 34.9 Å². The molecule has 0 fully saturated rings. The van der Waals surface area contributed by atoms with E-state index in [2.05, 4.69) is 9.47 Å². The highest BCUT2D eigenvalue weighted by atomic mass is 19.4. The molecule has 0 bridgehead atoms. The van der Waals surface area contributed by atoms with E-state index in [0.717, 1.165) is 0 Å². The summed E-state index contributed by atoms with van der Waals surface area (Å²) in [5.74, 6) is -4.25. The van der Waals surface area contributed by atoms with Crippen LogP contribution in [0.3, 0.4) is 0 Å². The number of ether oxygens (including phenoxy) is 2. The lowest BCUT2D eigenvalue weighted by Gasteiger charge is -2.26. The fraction of sp³-hybridized carbons (Fsp3) is 0.429. The molecule has 122 valence electrons. The molecule has 0 radical (unpaired) electrons. The zero-order valence-corrected chi connectivity index (χ0v) is 11.9. The van der Waals surface area contributed by atoms with E-state index in [4.69, 9.17) is 0 Å². The van der Waals surface area contributed by atoms with E-state index < -0.39 is 36.4 Å². The molecule has 0 spiro atoms. The van der Waals surface area contributed by atoms with Crippen LogP contribution in [0, 0.1) is 0 Å². The second kappa shape index (κ2) is 6.78. The van der Waals surface area contributed by atoms with Gasteiger partial charge in [0.25, 0.3) is 0 Å². The van der Waals surface area contributed by atoms with Crippen molar-refractivity contribution in [1.29, 1.82) is 0 Å².